The van der Waals surface area contributed by atoms with E-state index < -0.39 is 17.4 Å². The quantitative estimate of drug-likeness (QED) is 0.718. The van der Waals surface area contributed by atoms with Crippen molar-refractivity contribution in [1.29, 1.82) is 0 Å². The molecule has 110 valence electrons. The molecule has 0 bridgehead atoms. The molecule has 0 radical (unpaired) electrons. The molecule has 1 aromatic rings. The first-order valence-electron chi connectivity index (χ1n) is 6.34. The van der Waals surface area contributed by atoms with Crippen LogP contribution in [0, 0.1) is 5.41 Å². The number of nitrogens with one attached hydrogen (secondary N) is 2. The molecule has 8 heteroatoms. The summed E-state index contributed by atoms with van der Waals surface area (Å²) in [6.45, 7) is 1.10. The van der Waals surface area contributed by atoms with Crippen molar-refractivity contribution in [1.82, 2.24) is 15.8 Å². The van der Waals surface area contributed by atoms with Gasteiger partial charge in [-0.3, -0.25) is 4.79 Å². The van der Waals surface area contributed by atoms with Crippen molar-refractivity contribution >= 4 is 12.0 Å². The predicted molar refractivity (Wildman–Crippen MR) is 66.9 cm³/mol. The number of aromatic nitrogens is 1. The van der Waals surface area contributed by atoms with Gasteiger partial charge in [0.25, 0.3) is 0 Å². The Balaban J connectivity index is 1.80. The molecule has 1 saturated heterocycles. The lowest BCUT2D eigenvalue weighted by molar-refractivity contribution is -0.154. The maximum atomic E-state index is 11.6. The Labute approximate surface area is 115 Å². The van der Waals surface area contributed by atoms with Crippen LogP contribution < -0.4 is 10.6 Å². The summed E-state index contributed by atoms with van der Waals surface area (Å²) < 4.78 is 9.80. The zero-order chi connectivity index (χ0) is 14.4. The lowest BCUT2D eigenvalue weighted by Crippen LogP contribution is -2.48. The van der Waals surface area contributed by atoms with Crippen LogP contribution in [0.15, 0.2) is 16.9 Å². The fraction of sp³-hybridized carbons (Fsp3) is 0.583. The Kier molecular flexibility index (Phi) is 4.57. The van der Waals surface area contributed by atoms with Gasteiger partial charge in [-0.1, -0.05) is 5.16 Å². The first-order valence-corrected chi connectivity index (χ1v) is 6.34. The summed E-state index contributed by atoms with van der Waals surface area (Å²) in [5, 5.41) is 18.2. The van der Waals surface area contributed by atoms with Gasteiger partial charge in [-0.05, 0) is 12.8 Å². The monoisotopic (exact) mass is 283 g/mol. The summed E-state index contributed by atoms with van der Waals surface area (Å²) in [6.07, 6.45) is 2.20. The molecule has 3 N–H and O–H groups in total. The molecule has 1 fully saturated rings. The van der Waals surface area contributed by atoms with E-state index in [9.17, 15) is 14.7 Å². The Morgan fingerprint density at radius 2 is 2.10 bits per heavy atom. The lowest BCUT2D eigenvalue weighted by atomic mass is 9.80. The molecular formula is C12H17N3O5. The molecule has 0 saturated carbocycles. The summed E-state index contributed by atoms with van der Waals surface area (Å²) in [5.41, 5.74) is -0.345. The number of carbonyl (C=O) groups is 2. The van der Waals surface area contributed by atoms with E-state index in [2.05, 4.69) is 20.3 Å². The van der Waals surface area contributed by atoms with Crippen LogP contribution in [0.3, 0.4) is 0 Å². The van der Waals surface area contributed by atoms with Crippen molar-refractivity contribution < 1.29 is 24.0 Å². The second-order valence-electron chi connectivity index (χ2n) is 4.72. The Morgan fingerprint density at radius 1 is 1.35 bits per heavy atom. The largest absolute Gasteiger partial charge is 0.481 e. The molecule has 0 spiro atoms. The number of rotatable bonds is 5. The van der Waals surface area contributed by atoms with E-state index in [4.69, 9.17) is 4.74 Å². The van der Waals surface area contributed by atoms with Crippen LogP contribution in [-0.4, -0.2) is 42.0 Å². The van der Waals surface area contributed by atoms with Gasteiger partial charge in [0.2, 0.25) is 0 Å². The van der Waals surface area contributed by atoms with Crippen LogP contribution >= 0.6 is 0 Å². The third-order valence-corrected chi connectivity index (χ3v) is 3.41. The predicted octanol–water partition coefficient (Wildman–Crippen LogP) is 0.355. The summed E-state index contributed by atoms with van der Waals surface area (Å²) in [4.78, 5) is 23.0. The van der Waals surface area contributed by atoms with Gasteiger partial charge in [0.15, 0.2) is 0 Å². The molecule has 1 aliphatic heterocycles. The Hall–Kier alpha value is -2.09. The number of hydrogen-bond donors (Lipinski definition) is 3. The third kappa shape index (κ3) is 3.47. The highest BCUT2D eigenvalue weighted by atomic mass is 16.5. The minimum Gasteiger partial charge on any atom is -0.481 e. The second-order valence-corrected chi connectivity index (χ2v) is 4.72. The van der Waals surface area contributed by atoms with Crippen LogP contribution in [-0.2, 0) is 16.1 Å². The van der Waals surface area contributed by atoms with Gasteiger partial charge in [-0.2, -0.15) is 0 Å². The van der Waals surface area contributed by atoms with E-state index in [0.29, 0.717) is 31.7 Å². The standard InChI is InChI=1S/C12H17N3O5/c16-10(17)12(2-5-19-6-3-12)8-14-11(18)13-7-9-1-4-20-15-9/h1,4H,2-3,5-8H2,(H,16,17)(H2,13,14,18). The molecule has 0 aliphatic carbocycles. The van der Waals surface area contributed by atoms with Gasteiger partial charge in [0.05, 0.1) is 12.0 Å². The van der Waals surface area contributed by atoms with Gasteiger partial charge < -0.3 is 25.0 Å². The van der Waals surface area contributed by atoms with Gasteiger partial charge in [-0.15, -0.1) is 0 Å². The van der Waals surface area contributed by atoms with Gasteiger partial charge >= 0.3 is 12.0 Å². The van der Waals surface area contributed by atoms with Crippen LogP contribution in [0.1, 0.15) is 18.5 Å². The van der Waals surface area contributed by atoms with E-state index in [1.807, 2.05) is 0 Å². The highest BCUT2D eigenvalue weighted by Crippen LogP contribution is 2.29. The number of carboxylic acids is 1. The van der Waals surface area contributed by atoms with Crippen LogP contribution in [0.2, 0.25) is 0 Å². The minimum atomic E-state index is -0.941. The zero-order valence-corrected chi connectivity index (χ0v) is 10.9. The highest BCUT2D eigenvalue weighted by molar-refractivity contribution is 5.78. The first-order chi connectivity index (χ1) is 9.62. The fourth-order valence-electron chi connectivity index (χ4n) is 2.04. The molecular weight excluding hydrogens is 266 g/mol. The number of nitrogens with zero attached hydrogens (tertiary/aromatic N) is 1. The SMILES string of the molecule is O=C(NCc1ccon1)NCC1(C(=O)O)CCOCC1. The van der Waals surface area contributed by atoms with Crippen molar-refractivity contribution in [2.45, 2.75) is 19.4 Å². The topological polar surface area (TPSA) is 114 Å². The number of hydrogen-bond acceptors (Lipinski definition) is 5. The molecule has 8 nitrogen and oxygen atoms in total. The summed E-state index contributed by atoms with van der Waals surface area (Å²) in [6, 6.07) is 1.21. The molecule has 20 heavy (non-hydrogen) atoms. The van der Waals surface area contributed by atoms with E-state index in [1.165, 1.54) is 6.26 Å². The average molecular weight is 283 g/mol. The second kappa shape index (κ2) is 6.38. The van der Waals surface area contributed by atoms with Gasteiger partial charge in [-0.25, -0.2) is 4.79 Å². The normalized spacial score (nSPS) is 17.4. The summed E-state index contributed by atoms with van der Waals surface area (Å²) in [7, 11) is 0. The molecule has 2 rings (SSSR count). The fourth-order valence-corrected chi connectivity index (χ4v) is 2.04. The molecule has 1 aliphatic rings. The van der Waals surface area contributed by atoms with Crippen molar-refractivity contribution in [3.05, 3.63) is 18.0 Å². The van der Waals surface area contributed by atoms with Crippen molar-refractivity contribution in [3.63, 3.8) is 0 Å². The summed E-state index contributed by atoms with van der Waals surface area (Å²) >= 11 is 0. The maximum absolute atomic E-state index is 11.6. The van der Waals surface area contributed by atoms with Crippen molar-refractivity contribution in [2.24, 2.45) is 5.41 Å². The lowest BCUT2D eigenvalue weighted by Gasteiger charge is -2.33. The number of carbonyl (C=O) groups excluding carboxylic acids is 1. The molecule has 0 atom stereocenters. The Morgan fingerprint density at radius 3 is 2.70 bits per heavy atom. The van der Waals surface area contributed by atoms with Crippen molar-refractivity contribution in [3.8, 4) is 0 Å². The zero-order valence-electron chi connectivity index (χ0n) is 10.9. The molecule has 2 amide bonds. The van der Waals surface area contributed by atoms with Gasteiger partial charge in [0.1, 0.15) is 12.0 Å². The number of aliphatic carboxylic acids is 1. The van der Waals surface area contributed by atoms with E-state index >= 15 is 0 Å². The van der Waals surface area contributed by atoms with Gasteiger partial charge in [0, 0.05) is 25.8 Å². The third-order valence-electron chi connectivity index (χ3n) is 3.41. The van der Waals surface area contributed by atoms with E-state index in [0.717, 1.165) is 0 Å². The van der Waals surface area contributed by atoms with Crippen LogP contribution in [0.4, 0.5) is 4.79 Å². The molecule has 0 aromatic carbocycles. The number of ether oxygens (including phenoxy) is 1. The molecule has 1 aromatic heterocycles. The molecule has 2 heterocycles. The maximum Gasteiger partial charge on any atom is 0.315 e. The van der Waals surface area contributed by atoms with Crippen LogP contribution in [0.25, 0.3) is 0 Å². The Bertz CT molecular complexity index is 454. The van der Waals surface area contributed by atoms with E-state index in [1.54, 1.807) is 6.07 Å². The first kappa shape index (κ1) is 14.3. The minimum absolute atomic E-state index is 0.0797. The number of urea groups is 1. The number of carboxylic acid groups (broad SMARTS) is 1. The van der Waals surface area contributed by atoms with E-state index in [-0.39, 0.29) is 13.1 Å². The van der Waals surface area contributed by atoms with Crippen LogP contribution in [0.5, 0.6) is 0 Å². The smallest absolute Gasteiger partial charge is 0.315 e. The number of amides is 2. The van der Waals surface area contributed by atoms with Crippen molar-refractivity contribution in [2.75, 3.05) is 19.8 Å². The highest BCUT2D eigenvalue weighted by Gasteiger charge is 2.40. The summed E-state index contributed by atoms with van der Waals surface area (Å²) in [5.74, 6) is -0.905. The average Bonchev–Trinajstić information content (AvgIpc) is 2.97. The molecule has 0 unspecified atom stereocenters.